The highest BCUT2D eigenvalue weighted by atomic mass is 35.5. The highest BCUT2D eigenvalue weighted by Crippen LogP contribution is 2.43. The number of carbonyl (C=O) groups excluding carboxylic acids is 1. The molecule has 1 aliphatic carbocycles. The summed E-state index contributed by atoms with van der Waals surface area (Å²) in [6.45, 7) is 5.19. The van der Waals surface area contributed by atoms with Gasteiger partial charge in [0.1, 0.15) is 22.7 Å². The molecular weight excluding hydrogens is 732 g/mol. The second kappa shape index (κ2) is 15.9. The van der Waals surface area contributed by atoms with Crippen molar-refractivity contribution in [3.63, 3.8) is 0 Å². The first-order valence-electron chi connectivity index (χ1n) is 19.1. The molecule has 0 unspecified atom stereocenters. The predicted molar refractivity (Wildman–Crippen MR) is 210 cm³/mol. The van der Waals surface area contributed by atoms with Gasteiger partial charge in [-0.2, -0.15) is 10.2 Å². The zero-order valence-corrected chi connectivity index (χ0v) is 32.1. The van der Waals surface area contributed by atoms with E-state index in [2.05, 4.69) is 51.7 Å². The Balaban J connectivity index is 1.01. The number of methoxy groups -OCH3 is 1. The average Bonchev–Trinajstić information content (AvgIpc) is 3.94. The molecule has 3 N–H and O–H groups in total. The number of hydrogen-bond acceptors (Lipinski definition) is 10. The molecule has 12 nitrogen and oxygen atoms in total. The number of rotatable bonds is 12. The normalized spacial score (nSPS) is 18.5. The Morgan fingerprint density at radius 3 is 2.59 bits per heavy atom. The maximum Gasteiger partial charge on any atom is 0.306 e. The van der Waals surface area contributed by atoms with Crippen LogP contribution < -0.4 is 20.1 Å². The maximum atomic E-state index is 11.6. The highest BCUT2D eigenvalue weighted by Gasteiger charge is 2.30. The SMILES string of the molecule is COc1nc(O[C@H]2CCc3c(-c4cccc(-c5nc6cc(CN7CCC(C(=O)O)CC7)cc(C#N)c6o5)c4C)cccc32)c(Cl)cc1CNC[C@@H]1CCC(=O)N1. The second-order valence-corrected chi connectivity index (χ2v) is 15.3. The number of amides is 1. The molecule has 8 rings (SSSR count). The van der Waals surface area contributed by atoms with E-state index in [4.69, 9.17) is 30.5 Å². The van der Waals surface area contributed by atoms with E-state index in [1.165, 1.54) is 5.56 Å². The van der Waals surface area contributed by atoms with Gasteiger partial charge in [0.2, 0.25) is 23.6 Å². The van der Waals surface area contributed by atoms with Crippen LogP contribution in [0.4, 0.5) is 0 Å². The van der Waals surface area contributed by atoms with Gasteiger partial charge >= 0.3 is 5.97 Å². The predicted octanol–water partition coefficient (Wildman–Crippen LogP) is 7.13. The van der Waals surface area contributed by atoms with E-state index in [0.29, 0.717) is 91.3 Å². The zero-order chi connectivity index (χ0) is 38.9. The standard InChI is InChI=1S/C43H43ClN6O6/c1-24-30(5-3-6-31(24)41-48-36-18-25(17-27(20-45)39(36)56-41)23-50-15-13-26(14-16-50)43(52)53)32-7-4-8-34-33(32)10-11-37(34)55-42-35(44)19-28(40(49-42)54-2)21-46-22-29-9-12-38(51)47-29/h3-8,17-19,26,29,37,46H,9-16,21-23H2,1-2H3,(H,47,51)(H,52,53)/t29-,37-/m0/s1. The molecule has 2 aromatic heterocycles. The second-order valence-electron chi connectivity index (χ2n) is 14.9. The molecule has 2 aliphatic heterocycles. The fourth-order valence-electron chi connectivity index (χ4n) is 8.35. The van der Waals surface area contributed by atoms with E-state index in [1.54, 1.807) is 7.11 Å². The van der Waals surface area contributed by atoms with Crippen molar-refractivity contribution in [1.82, 2.24) is 25.5 Å². The van der Waals surface area contributed by atoms with Crippen LogP contribution in [0.3, 0.4) is 0 Å². The van der Waals surface area contributed by atoms with Crippen LogP contribution in [0.2, 0.25) is 5.02 Å². The first-order chi connectivity index (χ1) is 27.2. The lowest BCUT2D eigenvalue weighted by Crippen LogP contribution is -2.35. The summed E-state index contributed by atoms with van der Waals surface area (Å²) in [5.41, 5.74) is 9.52. The van der Waals surface area contributed by atoms with E-state index >= 15 is 0 Å². The number of aromatic nitrogens is 2. The summed E-state index contributed by atoms with van der Waals surface area (Å²) in [5.74, 6) is 0.245. The molecule has 0 saturated carbocycles. The van der Waals surface area contributed by atoms with Gasteiger partial charge in [-0.3, -0.25) is 14.5 Å². The van der Waals surface area contributed by atoms with Gasteiger partial charge in [0, 0.05) is 43.2 Å². The summed E-state index contributed by atoms with van der Waals surface area (Å²) in [6.07, 6.45) is 3.90. The number of hydrogen-bond donors (Lipinski definition) is 3. The number of nitriles is 1. The quantitative estimate of drug-likeness (QED) is 0.118. The molecule has 4 heterocycles. The number of fused-ring (bicyclic) bond motifs is 2. The number of ether oxygens (including phenoxy) is 2. The Morgan fingerprint density at radius 1 is 1.05 bits per heavy atom. The number of oxazole rings is 1. The van der Waals surface area contributed by atoms with Crippen LogP contribution in [0.15, 0.2) is 59.0 Å². The van der Waals surface area contributed by atoms with E-state index in [9.17, 15) is 20.0 Å². The van der Waals surface area contributed by atoms with Gasteiger partial charge in [-0.15, -0.1) is 0 Å². The van der Waals surface area contributed by atoms with Crippen molar-refractivity contribution in [3.05, 3.63) is 93.0 Å². The Kier molecular flexibility index (Phi) is 10.7. The lowest BCUT2D eigenvalue weighted by molar-refractivity contribution is -0.143. The molecule has 5 aromatic rings. The Hall–Kier alpha value is -5.48. The molecule has 3 aliphatic rings. The number of aliphatic carboxylic acids is 1. The third-order valence-electron chi connectivity index (χ3n) is 11.3. The molecule has 3 aromatic carbocycles. The van der Waals surface area contributed by atoms with Crippen molar-refractivity contribution in [2.45, 2.75) is 70.7 Å². The summed E-state index contributed by atoms with van der Waals surface area (Å²) >= 11 is 6.75. The minimum absolute atomic E-state index is 0.0843. The Bertz CT molecular complexity index is 2360. The zero-order valence-electron chi connectivity index (χ0n) is 31.4. The van der Waals surface area contributed by atoms with Gasteiger partial charge in [-0.05, 0) is 110 Å². The summed E-state index contributed by atoms with van der Waals surface area (Å²) in [5, 5.41) is 26.2. The summed E-state index contributed by atoms with van der Waals surface area (Å²) in [4.78, 5) is 34.7. The van der Waals surface area contributed by atoms with Gasteiger partial charge in [-0.1, -0.05) is 41.9 Å². The van der Waals surface area contributed by atoms with Crippen molar-refractivity contribution in [1.29, 1.82) is 5.26 Å². The van der Waals surface area contributed by atoms with Crippen molar-refractivity contribution in [3.8, 4) is 40.4 Å². The molecule has 288 valence electrons. The molecule has 56 heavy (non-hydrogen) atoms. The third-order valence-corrected chi connectivity index (χ3v) is 11.6. The molecular formula is C43H43ClN6O6. The van der Waals surface area contributed by atoms with Crippen LogP contribution in [0.5, 0.6) is 11.8 Å². The van der Waals surface area contributed by atoms with Crippen LogP contribution in [-0.4, -0.2) is 64.6 Å². The smallest absolute Gasteiger partial charge is 0.306 e. The van der Waals surface area contributed by atoms with Gasteiger partial charge < -0.3 is 29.6 Å². The number of pyridine rings is 1. The van der Waals surface area contributed by atoms with Gasteiger partial charge in [0.05, 0.1) is 18.6 Å². The number of nitrogens with zero attached hydrogens (tertiary/aromatic N) is 4. The highest BCUT2D eigenvalue weighted by molar-refractivity contribution is 6.31. The third kappa shape index (κ3) is 7.54. The maximum absolute atomic E-state index is 11.6. The Morgan fingerprint density at radius 2 is 1.84 bits per heavy atom. The molecule has 0 radical (unpaired) electrons. The first kappa shape index (κ1) is 37.4. The molecule has 0 bridgehead atoms. The minimum Gasteiger partial charge on any atom is -0.481 e. The number of carboxylic acid groups (broad SMARTS) is 1. The average molecular weight is 775 g/mol. The molecule has 2 atom stereocenters. The fraction of sp³-hybridized carbons (Fsp3) is 0.372. The molecule has 0 spiro atoms. The molecule has 2 saturated heterocycles. The van der Waals surface area contributed by atoms with Crippen molar-refractivity contribution >= 4 is 34.6 Å². The van der Waals surface area contributed by atoms with Crippen LogP contribution >= 0.6 is 11.6 Å². The van der Waals surface area contributed by atoms with E-state index < -0.39 is 5.97 Å². The number of likely N-dealkylation sites (tertiary alicyclic amines) is 1. The van der Waals surface area contributed by atoms with Crippen LogP contribution in [0.25, 0.3) is 33.7 Å². The largest absolute Gasteiger partial charge is 0.481 e. The fourth-order valence-corrected chi connectivity index (χ4v) is 8.57. The topological polar surface area (TPSA) is 163 Å². The van der Waals surface area contributed by atoms with E-state index in [-0.39, 0.29) is 24.0 Å². The van der Waals surface area contributed by atoms with Crippen LogP contribution in [0.1, 0.15) is 71.6 Å². The molecule has 1 amide bonds. The van der Waals surface area contributed by atoms with Crippen LogP contribution in [0, 0.1) is 24.2 Å². The number of nitrogens with one attached hydrogen (secondary N) is 2. The first-order valence-corrected chi connectivity index (χ1v) is 19.5. The summed E-state index contributed by atoms with van der Waals surface area (Å²) in [7, 11) is 1.58. The molecule has 2 fully saturated rings. The van der Waals surface area contributed by atoms with Gasteiger partial charge in [0.25, 0.3) is 0 Å². The van der Waals surface area contributed by atoms with E-state index in [1.807, 2.05) is 36.4 Å². The lowest BCUT2D eigenvalue weighted by atomic mass is 9.91. The van der Waals surface area contributed by atoms with E-state index in [0.717, 1.165) is 58.2 Å². The van der Waals surface area contributed by atoms with Crippen molar-refractivity contribution in [2.24, 2.45) is 5.92 Å². The number of benzene rings is 3. The number of piperidine rings is 1. The minimum atomic E-state index is -0.734. The number of carbonyl (C=O) groups is 2. The molecule has 13 heteroatoms. The number of halogens is 1. The lowest BCUT2D eigenvalue weighted by Gasteiger charge is -2.30. The monoisotopic (exact) mass is 774 g/mol. The van der Waals surface area contributed by atoms with Crippen molar-refractivity contribution in [2.75, 3.05) is 26.7 Å². The summed E-state index contributed by atoms with van der Waals surface area (Å²) in [6, 6.07) is 20.4. The Labute approximate surface area is 329 Å². The summed E-state index contributed by atoms with van der Waals surface area (Å²) < 4.78 is 18.4. The number of carboxylic acids is 1. The van der Waals surface area contributed by atoms with Gasteiger partial charge in [0.15, 0.2) is 5.58 Å². The van der Waals surface area contributed by atoms with Crippen molar-refractivity contribution < 1.29 is 28.6 Å². The van der Waals surface area contributed by atoms with Gasteiger partial charge in [-0.25, -0.2) is 4.98 Å². The van der Waals surface area contributed by atoms with Crippen LogP contribution in [-0.2, 0) is 29.1 Å².